The molecule has 0 spiro atoms. The standard InChI is InChI=1S/C21H23Cl2NO3/c1-4-16(13(2)25)14(3)27-20(26)12-15-8-5-6-11-19(15)24-21-17(22)9-7-10-18(21)23/h5-11,14,16,24H,4,12H2,1-3H3/t14-,16-/m1/s1. The second-order valence-electron chi connectivity index (χ2n) is 6.38. The molecule has 0 radical (unpaired) electrons. The van der Waals surface area contributed by atoms with E-state index in [4.69, 9.17) is 27.9 Å². The lowest BCUT2D eigenvalue weighted by atomic mass is 9.96. The molecule has 0 aliphatic rings. The second-order valence-corrected chi connectivity index (χ2v) is 7.19. The van der Waals surface area contributed by atoms with Crippen LogP contribution < -0.4 is 5.32 Å². The van der Waals surface area contributed by atoms with Crippen molar-refractivity contribution in [1.82, 2.24) is 0 Å². The molecule has 0 saturated carbocycles. The van der Waals surface area contributed by atoms with E-state index in [1.807, 2.05) is 31.2 Å². The molecule has 0 aliphatic carbocycles. The van der Waals surface area contributed by atoms with Crippen LogP contribution in [0.3, 0.4) is 0 Å². The Balaban J connectivity index is 2.14. The molecule has 0 unspecified atom stereocenters. The number of ketones is 1. The third-order valence-corrected chi connectivity index (χ3v) is 5.05. The molecule has 144 valence electrons. The number of carbonyl (C=O) groups is 2. The molecule has 0 aliphatic heterocycles. The summed E-state index contributed by atoms with van der Waals surface area (Å²) < 4.78 is 5.48. The minimum Gasteiger partial charge on any atom is -0.462 e. The Bertz CT molecular complexity index is 803. The van der Waals surface area contributed by atoms with E-state index in [1.165, 1.54) is 6.92 Å². The third-order valence-electron chi connectivity index (χ3n) is 4.42. The van der Waals surface area contributed by atoms with Gasteiger partial charge in [0.1, 0.15) is 11.9 Å². The number of para-hydroxylation sites is 2. The summed E-state index contributed by atoms with van der Waals surface area (Å²) in [6.45, 7) is 5.18. The minimum atomic E-state index is -0.460. The third kappa shape index (κ3) is 5.72. The predicted molar refractivity (Wildman–Crippen MR) is 110 cm³/mol. The fourth-order valence-electron chi connectivity index (χ4n) is 2.98. The van der Waals surface area contributed by atoms with Crippen LogP contribution in [0.2, 0.25) is 10.0 Å². The second kappa shape index (κ2) is 9.77. The van der Waals surface area contributed by atoms with Crippen LogP contribution in [0, 0.1) is 5.92 Å². The van der Waals surface area contributed by atoms with Gasteiger partial charge in [-0.1, -0.05) is 54.4 Å². The van der Waals surface area contributed by atoms with Crippen molar-refractivity contribution in [1.29, 1.82) is 0 Å². The van der Waals surface area contributed by atoms with E-state index in [0.29, 0.717) is 22.2 Å². The van der Waals surface area contributed by atoms with Gasteiger partial charge in [0.25, 0.3) is 0 Å². The fraction of sp³-hybridized carbons (Fsp3) is 0.333. The zero-order valence-corrected chi connectivity index (χ0v) is 17.1. The average molecular weight is 408 g/mol. The molecule has 27 heavy (non-hydrogen) atoms. The minimum absolute atomic E-state index is 0.0215. The van der Waals surface area contributed by atoms with Crippen molar-refractivity contribution in [3.8, 4) is 0 Å². The number of ether oxygens (including phenoxy) is 1. The van der Waals surface area contributed by atoms with Crippen LogP contribution in [0.5, 0.6) is 0 Å². The maximum Gasteiger partial charge on any atom is 0.310 e. The van der Waals surface area contributed by atoms with Crippen molar-refractivity contribution >= 4 is 46.3 Å². The molecule has 1 N–H and O–H groups in total. The molecule has 6 heteroatoms. The first kappa shape index (κ1) is 21.3. The van der Waals surface area contributed by atoms with Gasteiger partial charge in [-0.15, -0.1) is 0 Å². The first-order valence-electron chi connectivity index (χ1n) is 8.82. The van der Waals surface area contributed by atoms with E-state index >= 15 is 0 Å². The number of carbonyl (C=O) groups excluding carboxylic acids is 2. The molecule has 0 fully saturated rings. The van der Waals surface area contributed by atoms with Crippen LogP contribution in [0.1, 0.15) is 32.8 Å². The van der Waals surface area contributed by atoms with Crippen LogP contribution in [-0.2, 0) is 20.7 Å². The van der Waals surface area contributed by atoms with Gasteiger partial charge in [-0.2, -0.15) is 0 Å². The summed E-state index contributed by atoms with van der Waals surface area (Å²) in [5, 5.41) is 4.17. The van der Waals surface area contributed by atoms with E-state index in [2.05, 4.69) is 5.32 Å². The summed E-state index contributed by atoms with van der Waals surface area (Å²) in [5.41, 5.74) is 2.05. The van der Waals surface area contributed by atoms with E-state index < -0.39 is 6.10 Å². The number of benzene rings is 2. The lowest BCUT2D eigenvalue weighted by Crippen LogP contribution is -2.29. The van der Waals surface area contributed by atoms with Gasteiger partial charge in [0, 0.05) is 5.69 Å². The van der Waals surface area contributed by atoms with Crippen LogP contribution >= 0.6 is 23.2 Å². The number of nitrogens with one attached hydrogen (secondary N) is 1. The number of rotatable bonds is 8. The number of anilines is 2. The Morgan fingerprint density at radius 2 is 1.70 bits per heavy atom. The highest BCUT2D eigenvalue weighted by molar-refractivity contribution is 6.39. The average Bonchev–Trinajstić information content (AvgIpc) is 2.59. The number of halogens is 2. The van der Waals surface area contributed by atoms with Crippen molar-refractivity contribution in [2.75, 3.05) is 5.32 Å². The Hall–Kier alpha value is -2.04. The van der Waals surface area contributed by atoms with Gasteiger partial charge in [-0.3, -0.25) is 9.59 Å². The molecule has 0 amide bonds. The molecular formula is C21H23Cl2NO3. The zero-order valence-electron chi connectivity index (χ0n) is 15.6. The fourth-order valence-corrected chi connectivity index (χ4v) is 3.48. The highest BCUT2D eigenvalue weighted by Gasteiger charge is 2.23. The highest BCUT2D eigenvalue weighted by Crippen LogP contribution is 2.33. The summed E-state index contributed by atoms with van der Waals surface area (Å²) in [7, 11) is 0. The highest BCUT2D eigenvalue weighted by atomic mass is 35.5. The van der Waals surface area contributed by atoms with Crippen molar-refractivity contribution in [2.45, 2.75) is 39.7 Å². The number of hydrogen-bond donors (Lipinski definition) is 1. The largest absolute Gasteiger partial charge is 0.462 e. The smallest absolute Gasteiger partial charge is 0.310 e. The first-order valence-corrected chi connectivity index (χ1v) is 9.58. The first-order chi connectivity index (χ1) is 12.8. The quantitative estimate of drug-likeness (QED) is 0.559. The SMILES string of the molecule is CC[C@H](C(C)=O)[C@@H](C)OC(=O)Cc1ccccc1Nc1c(Cl)cccc1Cl. The van der Waals surface area contributed by atoms with E-state index in [-0.39, 0.29) is 24.1 Å². The van der Waals surface area contributed by atoms with Crippen LogP contribution in [-0.4, -0.2) is 17.9 Å². The number of Topliss-reactive ketones (excluding diaryl/α,β-unsaturated/α-hetero) is 1. The van der Waals surface area contributed by atoms with E-state index in [9.17, 15) is 9.59 Å². The Morgan fingerprint density at radius 3 is 2.30 bits per heavy atom. The van der Waals surface area contributed by atoms with E-state index in [1.54, 1.807) is 25.1 Å². The Morgan fingerprint density at radius 1 is 1.07 bits per heavy atom. The Labute approximate surface area is 169 Å². The van der Waals surface area contributed by atoms with Gasteiger partial charge in [-0.25, -0.2) is 0 Å². The van der Waals surface area contributed by atoms with Crippen LogP contribution in [0.25, 0.3) is 0 Å². The van der Waals surface area contributed by atoms with Gasteiger partial charge in [-0.05, 0) is 44.0 Å². The maximum atomic E-state index is 12.4. The normalized spacial score (nSPS) is 12.9. The monoisotopic (exact) mass is 407 g/mol. The van der Waals surface area contributed by atoms with Gasteiger partial charge < -0.3 is 10.1 Å². The lowest BCUT2D eigenvalue weighted by Gasteiger charge is -2.21. The molecule has 2 aromatic rings. The number of esters is 1. The molecule has 0 aromatic heterocycles. The number of hydrogen-bond acceptors (Lipinski definition) is 4. The van der Waals surface area contributed by atoms with Gasteiger partial charge in [0.2, 0.25) is 0 Å². The van der Waals surface area contributed by atoms with Gasteiger partial charge in [0.05, 0.1) is 28.1 Å². The predicted octanol–water partition coefficient (Wildman–Crippen LogP) is 5.83. The summed E-state index contributed by atoms with van der Waals surface area (Å²) in [5.74, 6) is -0.654. The molecule has 2 aromatic carbocycles. The van der Waals surface area contributed by atoms with Gasteiger partial charge >= 0.3 is 5.97 Å². The van der Waals surface area contributed by atoms with Crippen molar-refractivity contribution in [3.05, 3.63) is 58.1 Å². The Kier molecular flexibility index (Phi) is 7.69. The zero-order chi connectivity index (χ0) is 20.0. The van der Waals surface area contributed by atoms with Gasteiger partial charge in [0.15, 0.2) is 0 Å². The lowest BCUT2D eigenvalue weighted by molar-refractivity contribution is -0.151. The summed E-state index contributed by atoms with van der Waals surface area (Å²) in [6, 6.07) is 12.6. The summed E-state index contributed by atoms with van der Waals surface area (Å²) >= 11 is 12.4. The molecule has 0 bridgehead atoms. The molecule has 2 rings (SSSR count). The molecular weight excluding hydrogens is 385 g/mol. The maximum absolute atomic E-state index is 12.4. The molecule has 4 nitrogen and oxygen atoms in total. The summed E-state index contributed by atoms with van der Waals surface area (Å²) in [6.07, 6.45) is 0.245. The van der Waals surface area contributed by atoms with Crippen molar-refractivity contribution in [2.24, 2.45) is 5.92 Å². The topological polar surface area (TPSA) is 55.4 Å². The summed E-state index contributed by atoms with van der Waals surface area (Å²) in [4.78, 5) is 24.0. The molecule has 0 saturated heterocycles. The van der Waals surface area contributed by atoms with Crippen LogP contribution in [0.15, 0.2) is 42.5 Å². The van der Waals surface area contributed by atoms with E-state index in [0.717, 1.165) is 11.3 Å². The van der Waals surface area contributed by atoms with Crippen molar-refractivity contribution < 1.29 is 14.3 Å². The van der Waals surface area contributed by atoms with Crippen LogP contribution in [0.4, 0.5) is 11.4 Å². The van der Waals surface area contributed by atoms with Crippen molar-refractivity contribution in [3.63, 3.8) is 0 Å². The molecule has 2 atom stereocenters. The molecule has 0 heterocycles.